The molecule has 0 saturated carbocycles. The molecule has 0 bridgehead atoms. The molecule has 2 aromatic rings. The first-order valence-corrected chi connectivity index (χ1v) is 7.76. The first-order chi connectivity index (χ1) is 12.0. The summed E-state index contributed by atoms with van der Waals surface area (Å²) in [6.07, 6.45) is 1.90. The van der Waals surface area contributed by atoms with Crippen LogP contribution < -0.4 is 10.2 Å². The molecule has 130 valence electrons. The summed E-state index contributed by atoms with van der Waals surface area (Å²) in [4.78, 5) is 24.9. The fourth-order valence-electron chi connectivity index (χ4n) is 2.84. The van der Waals surface area contributed by atoms with Gasteiger partial charge in [0, 0.05) is 24.7 Å². The number of rotatable bonds is 4. The summed E-state index contributed by atoms with van der Waals surface area (Å²) in [5, 5.41) is 13.5. The molecule has 25 heavy (non-hydrogen) atoms. The average Bonchev–Trinajstić information content (AvgIpc) is 3.12. The normalized spacial score (nSPS) is 13.8. The molecule has 1 saturated heterocycles. The number of nitro groups is 1. The molecule has 8 heteroatoms. The summed E-state index contributed by atoms with van der Waals surface area (Å²) < 4.78 is 27.3. The van der Waals surface area contributed by atoms with Gasteiger partial charge in [-0.05, 0) is 37.1 Å². The number of anilines is 2. The van der Waals surface area contributed by atoms with Crippen LogP contribution in [-0.2, 0) is 0 Å². The number of amides is 1. The molecule has 0 radical (unpaired) electrons. The lowest BCUT2D eigenvalue weighted by Gasteiger charge is -2.17. The number of nitrogens with zero attached hydrogens (tertiary/aromatic N) is 2. The second-order valence-electron chi connectivity index (χ2n) is 5.71. The molecule has 2 aromatic carbocycles. The summed E-state index contributed by atoms with van der Waals surface area (Å²) in [7, 11) is 0. The molecule has 1 N–H and O–H groups in total. The van der Waals surface area contributed by atoms with E-state index in [9.17, 15) is 23.7 Å². The molecule has 0 unspecified atom stereocenters. The van der Waals surface area contributed by atoms with Gasteiger partial charge >= 0.3 is 0 Å². The summed E-state index contributed by atoms with van der Waals surface area (Å²) in [6, 6.07) is 7.23. The molecule has 1 aliphatic heterocycles. The lowest BCUT2D eigenvalue weighted by atomic mass is 10.1. The third-order valence-corrected chi connectivity index (χ3v) is 4.08. The van der Waals surface area contributed by atoms with Crippen molar-refractivity contribution >= 4 is 23.0 Å². The maximum atomic E-state index is 13.6. The Kier molecular flexibility index (Phi) is 4.60. The number of nitrogens with one attached hydrogen (secondary N) is 1. The van der Waals surface area contributed by atoms with Gasteiger partial charge in [-0.1, -0.05) is 6.07 Å². The zero-order valence-electron chi connectivity index (χ0n) is 13.2. The van der Waals surface area contributed by atoms with E-state index in [4.69, 9.17) is 0 Å². The SMILES string of the molecule is O=C(Nc1c(F)cccc1F)c1ccc(N2CCCC2)c([N+](=O)[O-])c1. The maximum absolute atomic E-state index is 13.6. The smallest absolute Gasteiger partial charge is 0.293 e. The zero-order valence-corrected chi connectivity index (χ0v) is 13.2. The molecule has 0 atom stereocenters. The van der Waals surface area contributed by atoms with Crippen molar-refractivity contribution in [1.82, 2.24) is 0 Å². The van der Waals surface area contributed by atoms with E-state index in [0.29, 0.717) is 18.8 Å². The first-order valence-electron chi connectivity index (χ1n) is 7.76. The van der Waals surface area contributed by atoms with Gasteiger partial charge in [-0.2, -0.15) is 0 Å². The summed E-state index contributed by atoms with van der Waals surface area (Å²) >= 11 is 0. The van der Waals surface area contributed by atoms with E-state index in [0.717, 1.165) is 31.0 Å². The number of hydrogen-bond donors (Lipinski definition) is 1. The lowest BCUT2D eigenvalue weighted by molar-refractivity contribution is -0.384. The third kappa shape index (κ3) is 3.42. The van der Waals surface area contributed by atoms with Crippen LogP contribution in [0.1, 0.15) is 23.2 Å². The Morgan fingerprint density at radius 2 is 1.76 bits per heavy atom. The molecule has 0 spiro atoms. The molecule has 0 aromatic heterocycles. The van der Waals surface area contributed by atoms with Crippen LogP contribution in [-0.4, -0.2) is 23.9 Å². The number of nitro benzene ring substituents is 1. The van der Waals surface area contributed by atoms with Gasteiger partial charge in [0.2, 0.25) is 0 Å². The van der Waals surface area contributed by atoms with Crippen molar-refractivity contribution in [3.63, 3.8) is 0 Å². The van der Waals surface area contributed by atoms with Gasteiger partial charge in [-0.25, -0.2) is 8.78 Å². The molecule has 0 aliphatic carbocycles. The van der Waals surface area contributed by atoms with Crippen molar-refractivity contribution in [3.8, 4) is 0 Å². The summed E-state index contributed by atoms with van der Waals surface area (Å²) in [6.45, 7) is 1.43. The molecule has 1 heterocycles. The quantitative estimate of drug-likeness (QED) is 0.675. The second-order valence-corrected chi connectivity index (χ2v) is 5.71. The van der Waals surface area contributed by atoms with Gasteiger partial charge in [0.15, 0.2) is 0 Å². The molecule has 1 aliphatic rings. The van der Waals surface area contributed by atoms with Crippen LogP contribution in [0.2, 0.25) is 0 Å². The highest BCUT2D eigenvalue weighted by Gasteiger charge is 2.24. The van der Waals surface area contributed by atoms with E-state index in [1.165, 1.54) is 18.2 Å². The van der Waals surface area contributed by atoms with Crippen LogP contribution in [0.5, 0.6) is 0 Å². The fourth-order valence-corrected chi connectivity index (χ4v) is 2.84. The Hall–Kier alpha value is -3.03. The molecular weight excluding hydrogens is 332 g/mol. The van der Waals surface area contributed by atoms with Crippen molar-refractivity contribution in [3.05, 3.63) is 63.7 Å². The van der Waals surface area contributed by atoms with Gasteiger partial charge in [0.1, 0.15) is 23.0 Å². The zero-order chi connectivity index (χ0) is 18.0. The number of carbonyl (C=O) groups is 1. The van der Waals surface area contributed by atoms with Gasteiger partial charge in [0.25, 0.3) is 11.6 Å². The highest BCUT2D eigenvalue weighted by Crippen LogP contribution is 2.32. The highest BCUT2D eigenvalue weighted by atomic mass is 19.1. The Morgan fingerprint density at radius 1 is 1.12 bits per heavy atom. The predicted octanol–water partition coefficient (Wildman–Crippen LogP) is 3.73. The number of halogens is 2. The van der Waals surface area contributed by atoms with Gasteiger partial charge in [-0.15, -0.1) is 0 Å². The minimum Gasteiger partial charge on any atom is -0.366 e. The summed E-state index contributed by atoms with van der Waals surface area (Å²) in [5.74, 6) is -2.66. The Balaban J connectivity index is 1.90. The van der Waals surface area contributed by atoms with Crippen molar-refractivity contribution in [1.29, 1.82) is 0 Å². The van der Waals surface area contributed by atoms with Gasteiger partial charge in [0.05, 0.1) is 4.92 Å². The van der Waals surface area contributed by atoms with Crippen LogP contribution in [0.15, 0.2) is 36.4 Å². The first kappa shape index (κ1) is 16.8. The Bertz CT molecular complexity index is 816. The number of para-hydroxylation sites is 1. The Labute approximate surface area is 142 Å². The standard InChI is InChI=1S/C17H15F2N3O3/c18-12-4-3-5-13(19)16(12)20-17(23)11-6-7-14(15(10-11)22(24)25)21-8-1-2-9-21/h3-7,10H,1-2,8-9H2,(H,20,23). The average molecular weight is 347 g/mol. The number of benzene rings is 2. The van der Waals surface area contributed by atoms with Crippen LogP contribution in [0, 0.1) is 21.7 Å². The van der Waals surface area contributed by atoms with Crippen LogP contribution in [0.3, 0.4) is 0 Å². The monoisotopic (exact) mass is 347 g/mol. The largest absolute Gasteiger partial charge is 0.366 e. The van der Waals surface area contributed by atoms with Crippen molar-refractivity contribution in [2.45, 2.75) is 12.8 Å². The molecule has 1 amide bonds. The minimum atomic E-state index is -0.920. The van der Waals surface area contributed by atoms with Crippen LogP contribution >= 0.6 is 0 Å². The minimum absolute atomic E-state index is 0.0442. The second kappa shape index (κ2) is 6.84. The van der Waals surface area contributed by atoms with Gasteiger partial charge < -0.3 is 10.2 Å². The highest BCUT2D eigenvalue weighted by molar-refractivity contribution is 6.05. The van der Waals surface area contributed by atoms with Gasteiger partial charge in [-0.3, -0.25) is 14.9 Å². The van der Waals surface area contributed by atoms with Crippen molar-refractivity contribution in [2.75, 3.05) is 23.3 Å². The number of hydrogen-bond acceptors (Lipinski definition) is 4. The maximum Gasteiger partial charge on any atom is 0.293 e. The van der Waals surface area contributed by atoms with E-state index in [-0.39, 0.29) is 11.3 Å². The molecular formula is C17H15F2N3O3. The molecule has 3 rings (SSSR count). The topological polar surface area (TPSA) is 75.5 Å². The Morgan fingerprint density at radius 3 is 2.36 bits per heavy atom. The van der Waals surface area contributed by atoms with E-state index < -0.39 is 28.2 Å². The lowest BCUT2D eigenvalue weighted by Crippen LogP contribution is -2.20. The van der Waals surface area contributed by atoms with Crippen molar-refractivity contribution in [2.24, 2.45) is 0 Å². The molecule has 1 fully saturated rings. The van der Waals surface area contributed by atoms with Crippen LogP contribution in [0.25, 0.3) is 0 Å². The number of carbonyl (C=O) groups excluding carboxylic acids is 1. The van der Waals surface area contributed by atoms with E-state index in [1.807, 2.05) is 4.90 Å². The van der Waals surface area contributed by atoms with E-state index in [1.54, 1.807) is 0 Å². The molecule has 6 nitrogen and oxygen atoms in total. The predicted molar refractivity (Wildman–Crippen MR) is 88.9 cm³/mol. The van der Waals surface area contributed by atoms with Crippen molar-refractivity contribution < 1.29 is 18.5 Å². The van der Waals surface area contributed by atoms with E-state index in [2.05, 4.69) is 5.32 Å². The van der Waals surface area contributed by atoms with E-state index >= 15 is 0 Å². The van der Waals surface area contributed by atoms with Crippen LogP contribution in [0.4, 0.5) is 25.8 Å². The third-order valence-electron chi connectivity index (χ3n) is 4.08. The fraction of sp³-hybridized carbons (Fsp3) is 0.235. The summed E-state index contributed by atoms with van der Waals surface area (Å²) in [5.41, 5.74) is -0.393.